The molecule has 3 aromatic rings. The zero-order valence-electron chi connectivity index (χ0n) is 15.7. The standard InChI is InChI=1S/C24H22O3/c1-16-23(17-9-5-4-6-10-17)19-11-7-8-12-20(19)27-24(16)18-13-14-21(25-2)22(15-18)26-3/h4-15,23H,1-3H3. The fourth-order valence-electron chi connectivity index (χ4n) is 3.71. The molecule has 0 saturated carbocycles. The van der Waals surface area contributed by atoms with Crippen LogP contribution in [0.15, 0.2) is 78.4 Å². The third-order valence-corrected chi connectivity index (χ3v) is 5.01. The summed E-state index contributed by atoms with van der Waals surface area (Å²) in [4.78, 5) is 0. The molecule has 0 radical (unpaired) electrons. The summed E-state index contributed by atoms with van der Waals surface area (Å²) in [7, 11) is 3.29. The summed E-state index contributed by atoms with van der Waals surface area (Å²) in [5.41, 5.74) is 4.59. The summed E-state index contributed by atoms with van der Waals surface area (Å²) >= 11 is 0. The lowest BCUT2D eigenvalue weighted by molar-refractivity contribution is 0.354. The highest BCUT2D eigenvalue weighted by molar-refractivity contribution is 5.73. The smallest absolute Gasteiger partial charge is 0.161 e. The molecule has 1 heterocycles. The predicted molar refractivity (Wildman–Crippen MR) is 107 cm³/mol. The second-order valence-electron chi connectivity index (χ2n) is 6.57. The lowest BCUT2D eigenvalue weighted by Crippen LogP contribution is -2.15. The van der Waals surface area contributed by atoms with Crippen molar-refractivity contribution in [1.82, 2.24) is 0 Å². The largest absolute Gasteiger partial charge is 0.493 e. The Kier molecular flexibility index (Phi) is 4.59. The maximum atomic E-state index is 6.34. The highest BCUT2D eigenvalue weighted by Crippen LogP contribution is 2.46. The molecule has 3 heteroatoms. The minimum absolute atomic E-state index is 0.152. The van der Waals surface area contributed by atoms with Crippen molar-refractivity contribution >= 4 is 5.76 Å². The normalized spacial score (nSPS) is 15.7. The lowest BCUT2D eigenvalue weighted by atomic mass is 9.82. The molecular weight excluding hydrogens is 336 g/mol. The van der Waals surface area contributed by atoms with Crippen molar-refractivity contribution in [3.05, 3.63) is 95.1 Å². The highest BCUT2D eigenvalue weighted by Gasteiger charge is 2.29. The molecule has 0 aromatic heterocycles. The van der Waals surface area contributed by atoms with Gasteiger partial charge < -0.3 is 14.2 Å². The molecule has 3 aromatic carbocycles. The molecule has 1 aliphatic heterocycles. The average molecular weight is 358 g/mol. The van der Waals surface area contributed by atoms with Gasteiger partial charge in [0.2, 0.25) is 0 Å². The van der Waals surface area contributed by atoms with Crippen molar-refractivity contribution < 1.29 is 14.2 Å². The second-order valence-corrected chi connectivity index (χ2v) is 6.57. The maximum absolute atomic E-state index is 6.34. The van der Waals surface area contributed by atoms with E-state index in [9.17, 15) is 0 Å². The first-order valence-electron chi connectivity index (χ1n) is 8.98. The molecule has 0 fully saturated rings. The Balaban J connectivity index is 1.88. The van der Waals surface area contributed by atoms with Crippen LogP contribution in [0.3, 0.4) is 0 Å². The van der Waals surface area contributed by atoms with Crippen LogP contribution >= 0.6 is 0 Å². The molecule has 1 atom stereocenters. The van der Waals surface area contributed by atoms with Crippen LogP contribution < -0.4 is 14.2 Å². The van der Waals surface area contributed by atoms with Crippen LogP contribution in [-0.2, 0) is 0 Å². The van der Waals surface area contributed by atoms with Gasteiger partial charge in [-0.05, 0) is 42.3 Å². The van der Waals surface area contributed by atoms with Crippen molar-refractivity contribution in [2.75, 3.05) is 14.2 Å². The van der Waals surface area contributed by atoms with Gasteiger partial charge in [0, 0.05) is 17.0 Å². The van der Waals surface area contributed by atoms with E-state index in [-0.39, 0.29) is 5.92 Å². The van der Waals surface area contributed by atoms with E-state index in [4.69, 9.17) is 14.2 Å². The Morgan fingerprint density at radius 3 is 2.22 bits per heavy atom. The van der Waals surface area contributed by atoms with Crippen molar-refractivity contribution in [2.45, 2.75) is 12.8 Å². The Morgan fingerprint density at radius 1 is 0.778 bits per heavy atom. The molecule has 0 aliphatic carbocycles. The first-order valence-corrected chi connectivity index (χ1v) is 8.98. The third-order valence-electron chi connectivity index (χ3n) is 5.01. The highest BCUT2D eigenvalue weighted by atomic mass is 16.5. The molecule has 3 nitrogen and oxygen atoms in total. The molecule has 27 heavy (non-hydrogen) atoms. The number of rotatable bonds is 4. The van der Waals surface area contributed by atoms with Crippen LogP contribution in [0, 0.1) is 0 Å². The van der Waals surface area contributed by atoms with Gasteiger partial charge in [-0.1, -0.05) is 48.5 Å². The van der Waals surface area contributed by atoms with E-state index in [1.807, 2.05) is 36.4 Å². The minimum Gasteiger partial charge on any atom is -0.493 e. The first-order chi connectivity index (χ1) is 13.2. The number of methoxy groups -OCH3 is 2. The number of hydrogen-bond acceptors (Lipinski definition) is 3. The van der Waals surface area contributed by atoms with E-state index in [0.717, 1.165) is 17.1 Å². The monoisotopic (exact) mass is 358 g/mol. The third kappa shape index (κ3) is 3.06. The molecule has 0 bridgehead atoms. The summed E-state index contributed by atoms with van der Waals surface area (Å²) < 4.78 is 17.2. The van der Waals surface area contributed by atoms with Gasteiger partial charge in [-0.2, -0.15) is 0 Å². The van der Waals surface area contributed by atoms with Gasteiger partial charge in [-0.3, -0.25) is 0 Å². The molecular formula is C24H22O3. The molecule has 0 N–H and O–H groups in total. The van der Waals surface area contributed by atoms with E-state index in [0.29, 0.717) is 11.5 Å². The van der Waals surface area contributed by atoms with E-state index >= 15 is 0 Å². The number of allylic oxidation sites excluding steroid dienone is 1. The van der Waals surface area contributed by atoms with Gasteiger partial charge in [-0.15, -0.1) is 0 Å². The minimum atomic E-state index is 0.152. The average Bonchev–Trinajstić information content (AvgIpc) is 2.73. The fourth-order valence-corrected chi connectivity index (χ4v) is 3.71. The quantitative estimate of drug-likeness (QED) is 0.602. The Morgan fingerprint density at radius 2 is 1.48 bits per heavy atom. The summed E-state index contributed by atoms with van der Waals surface area (Å²) in [5, 5.41) is 0. The van der Waals surface area contributed by atoms with Crippen LogP contribution in [0.5, 0.6) is 17.2 Å². The van der Waals surface area contributed by atoms with Crippen molar-refractivity contribution in [3.63, 3.8) is 0 Å². The van der Waals surface area contributed by atoms with E-state index in [1.54, 1.807) is 14.2 Å². The van der Waals surface area contributed by atoms with Crippen LogP contribution in [-0.4, -0.2) is 14.2 Å². The fraction of sp³-hybridized carbons (Fsp3) is 0.167. The molecule has 0 spiro atoms. The number of para-hydroxylation sites is 1. The topological polar surface area (TPSA) is 27.7 Å². The summed E-state index contributed by atoms with van der Waals surface area (Å²) in [6.07, 6.45) is 0. The number of ether oxygens (including phenoxy) is 3. The number of benzene rings is 3. The van der Waals surface area contributed by atoms with Crippen LogP contribution in [0.2, 0.25) is 0 Å². The van der Waals surface area contributed by atoms with Gasteiger partial charge in [0.15, 0.2) is 11.5 Å². The summed E-state index contributed by atoms with van der Waals surface area (Å²) in [5.74, 6) is 3.30. The number of hydrogen-bond donors (Lipinski definition) is 0. The van der Waals surface area contributed by atoms with Crippen LogP contribution in [0.1, 0.15) is 29.5 Å². The van der Waals surface area contributed by atoms with Crippen molar-refractivity contribution in [2.24, 2.45) is 0 Å². The lowest BCUT2D eigenvalue weighted by Gasteiger charge is -2.30. The van der Waals surface area contributed by atoms with Gasteiger partial charge >= 0.3 is 0 Å². The molecule has 136 valence electrons. The molecule has 1 aliphatic rings. The first kappa shape index (κ1) is 17.2. The van der Waals surface area contributed by atoms with Gasteiger partial charge in [0.25, 0.3) is 0 Å². The SMILES string of the molecule is COc1ccc(C2=C(C)C(c3ccccc3)c3ccccc3O2)cc1OC. The van der Waals surface area contributed by atoms with E-state index in [1.165, 1.54) is 16.7 Å². The van der Waals surface area contributed by atoms with Crippen LogP contribution in [0.4, 0.5) is 0 Å². The van der Waals surface area contributed by atoms with E-state index < -0.39 is 0 Å². The summed E-state index contributed by atoms with van der Waals surface area (Å²) in [6, 6.07) is 24.7. The Labute approximate surface area is 159 Å². The van der Waals surface area contributed by atoms with E-state index in [2.05, 4.69) is 43.3 Å². The molecule has 0 amide bonds. The number of fused-ring (bicyclic) bond motifs is 1. The van der Waals surface area contributed by atoms with Gasteiger partial charge in [0.05, 0.1) is 14.2 Å². The maximum Gasteiger partial charge on any atom is 0.161 e. The van der Waals surface area contributed by atoms with Crippen molar-refractivity contribution in [1.29, 1.82) is 0 Å². The second kappa shape index (κ2) is 7.20. The van der Waals surface area contributed by atoms with Crippen molar-refractivity contribution in [3.8, 4) is 17.2 Å². The molecule has 1 unspecified atom stereocenters. The van der Waals surface area contributed by atoms with Gasteiger partial charge in [0.1, 0.15) is 11.5 Å². The Bertz CT molecular complexity index is 990. The molecule has 0 saturated heterocycles. The Hall–Kier alpha value is -3.20. The molecule has 4 rings (SSSR count). The predicted octanol–water partition coefficient (Wildman–Crippen LogP) is 5.66. The zero-order chi connectivity index (χ0) is 18.8. The van der Waals surface area contributed by atoms with Gasteiger partial charge in [-0.25, -0.2) is 0 Å². The summed E-state index contributed by atoms with van der Waals surface area (Å²) in [6.45, 7) is 2.14. The zero-order valence-corrected chi connectivity index (χ0v) is 15.7. The van der Waals surface area contributed by atoms with Crippen LogP contribution in [0.25, 0.3) is 5.76 Å².